The molecule has 0 amide bonds. The molecular weight excluding hydrogens is 386 g/mol. The molecule has 1 N–H and O–H groups in total. The molecule has 8 heteroatoms. The first-order valence-corrected chi connectivity index (χ1v) is 9.51. The van der Waals surface area contributed by atoms with Gasteiger partial charge in [-0.1, -0.05) is 12.1 Å². The second kappa shape index (κ2) is 7.55. The van der Waals surface area contributed by atoms with Crippen molar-refractivity contribution in [2.75, 3.05) is 5.32 Å². The molecule has 0 radical (unpaired) electrons. The molecule has 1 fully saturated rings. The third-order valence-electron chi connectivity index (χ3n) is 4.88. The van der Waals surface area contributed by atoms with Crippen LogP contribution in [0.25, 0.3) is 22.5 Å². The summed E-state index contributed by atoms with van der Waals surface area (Å²) in [4.78, 5) is 12.7. The summed E-state index contributed by atoms with van der Waals surface area (Å²) in [6.07, 6.45) is 6.56. The summed E-state index contributed by atoms with van der Waals surface area (Å²) >= 11 is 0. The van der Waals surface area contributed by atoms with Crippen LogP contribution >= 0.6 is 0 Å². The Morgan fingerprint density at radius 1 is 0.867 bits per heavy atom. The Hall–Kier alpha value is -3.81. The monoisotopic (exact) mass is 404 g/mol. The number of hydrogen-bond donors (Lipinski definition) is 1. The van der Waals surface area contributed by atoms with E-state index in [2.05, 4.69) is 30.5 Å². The maximum absolute atomic E-state index is 14.5. The minimum atomic E-state index is -0.591. The largest absolute Gasteiger partial charge is 0.321 e. The second-order valence-corrected chi connectivity index (χ2v) is 7.04. The van der Waals surface area contributed by atoms with Crippen molar-refractivity contribution < 1.29 is 10.2 Å². The van der Waals surface area contributed by atoms with E-state index >= 15 is 0 Å². The van der Waals surface area contributed by atoms with E-state index in [-0.39, 0.29) is 29.9 Å². The van der Waals surface area contributed by atoms with Gasteiger partial charge in [0.15, 0.2) is 5.82 Å². The molecule has 1 aliphatic rings. The number of pyridine rings is 2. The van der Waals surface area contributed by atoms with Crippen molar-refractivity contribution in [3.8, 4) is 22.5 Å². The number of nitrogens with one attached hydrogen (secondary N) is 1. The molecule has 0 unspecified atom stereocenters. The van der Waals surface area contributed by atoms with Gasteiger partial charge in [0.05, 0.1) is 18.1 Å². The normalized spacial score (nSPS) is 13.3. The van der Waals surface area contributed by atoms with Crippen LogP contribution in [0.3, 0.4) is 0 Å². The first-order valence-electron chi connectivity index (χ1n) is 9.51. The van der Waals surface area contributed by atoms with Crippen LogP contribution in [0.2, 0.25) is 0 Å². The first-order chi connectivity index (χ1) is 14.7. The number of anilines is 2. The van der Waals surface area contributed by atoms with E-state index in [1.165, 1.54) is 31.2 Å². The number of halogens is 2. The molecular formula is C22H18F2N6. The molecule has 150 valence electrons. The van der Waals surface area contributed by atoms with Crippen LogP contribution in [0.15, 0.2) is 61.1 Å². The lowest BCUT2D eigenvalue weighted by molar-refractivity contribution is 0.623. The predicted octanol–water partition coefficient (Wildman–Crippen LogP) is 5.14. The fraction of sp³-hybridized carbons (Fsp3) is 0.136. The second-order valence-electron chi connectivity index (χ2n) is 7.04. The fourth-order valence-corrected chi connectivity index (χ4v) is 3.20. The smallest absolute Gasteiger partial charge is 0.247 e. The maximum Gasteiger partial charge on any atom is 0.247 e. The molecule has 3 heterocycles. The molecule has 0 saturated heterocycles. The minimum absolute atomic E-state index is 0. The molecule has 3 aromatic heterocycles. The van der Waals surface area contributed by atoms with E-state index in [0.29, 0.717) is 11.6 Å². The minimum Gasteiger partial charge on any atom is -0.321 e. The summed E-state index contributed by atoms with van der Waals surface area (Å²) < 4.78 is 28.9. The average molecular weight is 404 g/mol. The average Bonchev–Trinajstić information content (AvgIpc) is 3.61. The Morgan fingerprint density at radius 2 is 1.70 bits per heavy atom. The van der Waals surface area contributed by atoms with E-state index in [0.717, 1.165) is 11.9 Å². The predicted molar refractivity (Wildman–Crippen MR) is 110 cm³/mol. The summed E-state index contributed by atoms with van der Waals surface area (Å²) in [5.74, 6) is -0.367. The summed E-state index contributed by atoms with van der Waals surface area (Å²) in [6, 6.07) is 11.5. The molecule has 0 spiro atoms. The zero-order chi connectivity index (χ0) is 20.5. The lowest BCUT2D eigenvalue weighted by Gasteiger charge is -2.11. The highest BCUT2D eigenvalue weighted by Gasteiger charge is 2.24. The van der Waals surface area contributed by atoms with Gasteiger partial charge < -0.3 is 5.32 Å². The topological polar surface area (TPSA) is 76.5 Å². The van der Waals surface area contributed by atoms with Gasteiger partial charge in [-0.15, -0.1) is 10.2 Å². The van der Waals surface area contributed by atoms with Crippen molar-refractivity contribution in [1.29, 1.82) is 0 Å². The van der Waals surface area contributed by atoms with Crippen LogP contribution < -0.4 is 5.32 Å². The molecule has 0 bridgehead atoms. The van der Waals surface area contributed by atoms with E-state index in [1.54, 1.807) is 24.4 Å². The molecule has 4 aromatic rings. The van der Waals surface area contributed by atoms with Crippen LogP contribution in [-0.4, -0.2) is 25.1 Å². The van der Waals surface area contributed by atoms with Crippen molar-refractivity contribution in [2.24, 2.45) is 0 Å². The maximum atomic E-state index is 14.5. The van der Waals surface area contributed by atoms with Crippen molar-refractivity contribution >= 4 is 11.6 Å². The first kappa shape index (κ1) is 18.2. The fourth-order valence-electron chi connectivity index (χ4n) is 3.20. The molecule has 1 saturated carbocycles. The van der Waals surface area contributed by atoms with Gasteiger partial charge in [-0.25, -0.2) is 13.8 Å². The Balaban J connectivity index is 0.00000231. The molecule has 0 aliphatic heterocycles. The third kappa shape index (κ3) is 3.59. The van der Waals surface area contributed by atoms with Gasteiger partial charge in [0.1, 0.15) is 17.2 Å². The number of benzene rings is 1. The van der Waals surface area contributed by atoms with Crippen LogP contribution in [-0.2, 0) is 0 Å². The molecule has 1 aromatic carbocycles. The van der Waals surface area contributed by atoms with Crippen molar-refractivity contribution in [2.45, 2.75) is 18.8 Å². The number of hydrogen-bond acceptors (Lipinski definition) is 6. The highest BCUT2D eigenvalue weighted by molar-refractivity contribution is 5.78. The van der Waals surface area contributed by atoms with Gasteiger partial charge in [0.2, 0.25) is 5.95 Å². The highest BCUT2D eigenvalue weighted by Crippen LogP contribution is 2.39. The van der Waals surface area contributed by atoms with Gasteiger partial charge in [-0.3, -0.25) is 9.97 Å². The van der Waals surface area contributed by atoms with Crippen LogP contribution in [0.1, 0.15) is 25.9 Å². The Morgan fingerprint density at radius 3 is 2.43 bits per heavy atom. The number of nitrogens with zero attached hydrogens (tertiary/aromatic N) is 5. The van der Waals surface area contributed by atoms with Crippen molar-refractivity contribution in [3.05, 3.63) is 78.4 Å². The summed E-state index contributed by atoms with van der Waals surface area (Å²) in [7, 11) is 0. The van der Waals surface area contributed by atoms with Gasteiger partial charge >= 0.3 is 0 Å². The van der Waals surface area contributed by atoms with E-state index in [9.17, 15) is 8.78 Å². The van der Waals surface area contributed by atoms with Crippen LogP contribution in [0.4, 0.5) is 20.4 Å². The van der Waals surface area contributed by atoms with Gasteiger partial charge in [-0.2, -0.15) is 0 Å². The van der Waals surface area contributed by atoms with E-state index in [4.69, 9.17) is 0 Å². The zero-order valence-electron chi connectivity index (χ0n) is 15.8. The summed E-state index contributed by atoms with van der Waals surface area (Å²) in [6.45, 7) is 0. The van der Waals surface area contributed by atoms with Gasteiger partial charge in [0.25, 0.3) is 0 Å². The summed E-state index contributed by atoms with van der Waals surface area (Å²) in [5.41, 5.74) is 2.40. The van der Waals surface area contributed by atoms with Crippen molar-refractivity contribution in [1.82, 2.24) is 25.1 Å². The van der Waals surface area contributed by atoms with Gasteiger partial charge in [0, 0.05) is 30.4 Å². The Bertz CT molecular complexity index is 1210. The molecule has 30 heavy (non-hydrogen) atoms. The Labute approximate surface area is 172 Å². The summed E-state index contributed by atoms with van der Waals surface area (Å²) in [5, 5.41) is 11.3. The number of aromatic nitrogens is 5. The lowest BCUT2D eigenvalue weighted by atomic mass is 10.0. The SMILES string of the molecule is Fc1cnccc1-c1nnc(Nc2ccc(C3CC3)nc2)nc1-c1ccccc1F.[HH]. The van der Waals surface area contributed by atoms with E-state index in [1.807, 2.05) is 12.1 Å². The zero-order valence-corrected chi connectivity index (χ0v) is 15.8. The third-order valence-corrected chi connectivity index (χ3v) is 4.88. The molecule has 6 nitrogen and oxygen atoms in total. The quantitative estimate of drug-likeness (QED) is 0.496. The highest BCUT2D eigenvalue weighted by atomic mass is 19.1. The Kier molecular flexibility index (Phi) is 4.59. The van der Waals surface area contributed by atoms with Crippen molar-refractivity contribution in [3.63, 3.8) is 0 Å². The molecule has 5 rings (SSSR count). The molecule has 1 aliphatic carbocycles. The van der Waals surface area contributed by atoms with Crippen LogP contribution in [0.5, 0.6) is 0 Å². The lowest BCUT2D eigenvalue weighted by Crippen LogP contribution is -2.05. The number of rotatable bonds is 5. The van der Waals surface area contributed by atoms with Gasteiger partial charge in [-0.05, 0) is 43.2 Å². The van der Waals surface area contributed by atoms with Crippen LogP contribution in [0, 0.1) is 11.6 Å². The molecule has 0 atom stereocenters. The van der Waals surface area contributed by atoms with E-state index < -0.39 is 11.6 Å². The standard InChI is InChI=1S/C22H16F2N6.H2/c23-17-4-2-1-3-15(17)20-21(16-9-10-25-12-18(16)24)29-30-22(28-20)27-14-7-8-19(26-11-14)13-5-6-13;/h1-4,7-13H,5-6H2,(H,27,28,30);1H.